The van der Waals surface area contributed by atoms with Crippen LogP contribution < -0.4 is 10.6 Å². The van der Waals surface area contributed by atoms with Gasteiger partial charge in [-0.25, -0.2) is 0 Å². The maximum absolute atomic E-state index is 12.8. The molecule has 0 aromatic carbocycles. The van der Waals surface area contributed by atoms with Gasteiger partial charge in [-0.1, -0.05) is 12.8 Å². The average Bonchev–Trinajstić information content (AvgIpc) is 3.66. The van der Waals surface area contributed by atoms with Crippen LogP contribution in [0.5, 0.6) is 0 Å². The maximum Gasteiger partial charge on any atom is 0.235 e. The summed E-state index contributed by atoms with van der Waals surface area (Å²) >= 11 is 0. The summed E-state index contributed by atoms with van der Waals surface area (Å²) in [6.45, 7) is 5.47. The van der Waals surface area contributed by atoms with E-state index in [0.717, 1.165) is 51.7 Å². The van der Waals surface area contributed by atoms with Crippen molar-refractivity contribution in [3.8, 4) is 0 Å². The molecule has 29 heavy (non-hydrogen) atoms. The van der Waals surface area contributed by atoms with Gasteiger partial charge in [0.2, 0.25) is 11.8 Å². The van der Waals surface area contributed by atoms with Crippen molar-refractivity contribution < 1.29 is 28.5 Å². The number of rotatable bonds is 16. The zero-order valence-electron chi connectivity index (χ0n) is 17.4. The molecule has 3 aliphatic rings. The first-order valence-electron chi connectivity index (χ1n) is 11.2. The quantitative estimate of drug-likeness (QED) is 0.224. The summed E-state index contributed by atoms with van der Waals surface area (Å²) in [5.74, 6) is -0.236. The minimum atomic E-state index is -0.889. The van der Waals surface area contributed by atoms with Gasteiger partial charge in [0.05, 0.1) is 26.4 Å². The largest absolute Gasteiger partial charge is 0.379 e. The second-order valence-electron chi connectivity index (χ2n) is 8.28. The first-order chi connectivity index (χ1) is 14.2. The topological polar surface area (TPSA) is 102 Å². The van der Waals surface area contributed by atoms with E-state index in [9.17, 15) is 9.59 Å². The van der Waals surface area contributed by atoms with Crippen LogP contribution in [0.2, 0.25) is 0 Å². The fourth-order valence-electron chi connectivity index (χ4n) is 3.69. The highest BCUT2D eigenvalue weighted by Gasteiger charge is 2.47. The Bertz CT molecular complexity index is 475. The normalized spacial score (nSPS) is 24.3. The highest BCUT2D eigenvalue weighted by Crippen LogP contribution is 2.38. The highest BCUT2D eigenvalue weighted by atomic mass is 16.6. The van der Waals surface area contributed by atoms with E-state index in [1.54, 1.807) is 0 Å². The zero-order chi connectivity index (χ0) is 20.4. The lowest BCUT2D eigenvalue weighted by Crippen LogP contribution is -2.50. The van der Waals surface area contributed by atoms with Crippen LogP contribution in [-0.4, -0.2) is 76.8 Å². The number of hydrogen-bond acceptors (Lipinski definition) is 6. The molecule has 0 aromatic rings. The van der Waals surface area contributed by atoms with Gasteiger partial charge >= 0.3 is 0 Å². The summed E-state index contributed by atoms with van der Waals surface area (Å²) < 4.78 is 21.2. The lowest BCUT2D eigenvalue weighted by atomic mass is 9.84. The lowest BCUT2D eigenvalue weighted by Gasteiger charge is -2.26. The number of ether oxygens (including phenoxy) is 4. The van der Waals surface area contributed by atoms with Crippen LogP contribution in [-0.2, 0) is 28.5 Å². The SMILES string of the molecule is O=C(NCCCCOCC1CO1)C1(C(=O)NCCCCOCC2CO2)CCCC1. The minimum absolute atomic E-state index is 0.118. The first kappa shape index (κ1) is 22.5. The van der Waals surface area contributed by atoms with Crippen molar-refractivity contribution in [3.63, 3.8) is 0 Å². The predicted molar refractivity (Wildman–Crippen MR) is 107 cm³/mol. The summed E-state index contributed by atoms with van der Waals surface area (Å²) in [5.41, 5.74) is -0.889. The molecular formula is C21H36N2O6. The molecule has 2 amide bonds. The fraction of sp³-hybridized carbons (Fsp3) is 0.905. The molecule has 0 spiro atoms. The van der Waals surface area contributed by atoms with E-state index in [-0.39, 0.29) is 11.8 Å². The Morgan fingerprint density at radius 2 is 1.24 bits per heavy atom. The van der Waals surface area contributed by atoms with Gasteiger partial charge in [-0.3, -0.25) is 9.59 Å². The van der Waals surface area contributed by atoms with Crippen molar-refractivity contribution in [1.29, 1.82) is 0 Å². The maximum atomic E-state index is 12.8. The number of carbonyl (C=O) groups is 2. The second-order valence-corrected chi connectivity index (χ2v) is 8.28. The molecule has 0 bridgehead atoms. The van der Waals surface area contributed by atoms with E-state index in [4.69, 9.17) is 18.9 Å². The van der Waals surface area contributed by atoms with Crippen molar-refractivity contribution in [2.24, 2.45) is 5.41 Å². The number of carbonyl (C=O) groups excluding carboxylic acids is 2. The molecule has 1 aliphatic carbocycles. The van der Waals surface area contributed by atoms with Crippen LogP contribution in [0.15, 0.2) is 0 Å². The first-order valence-corrected chi connectivity index (χ1v) is 11.2. The highest BCUT2D eigenvalue weighted by molar-refractivity contribution is 6.05. The van der Waals surface area contributed by atoms with E-state index in [0.29, 0.717) is 64.6 Å². The van der Waals surface area contributed by atoms with Gasteiger partial charge in [-0.05, 0) is 38.5 Å². The monoisotopic (exact) mass is 412 g/mol. The van der Waals surface area contributed by atoms with Crippen molar-refractivity contribution in [1.82, 2.24) is 10.6 Å². The molecule has 8 nitrogen and oxygen atoms in total. The summed E-state index contributed by atoms with van der Waals surface area (Å²) in [6.07, 6.45) is 7.19. The smallest absolute Gasteiger partial charge is 0.235 e. The van der Waals surface area contributed by atoms with E-state index >= 15 is 0 Å². The van der Waals surface area contributed by atoms with Crippen molar-refractivity contribution in [2.75, 3.05) is 52.7 Å². The second kappa shape index (κ2) is 11.8. The van der Waals surface area contributed by atoms with Gasteiger partial charge in [0.15, 0.2) is 0 Å². The molecule has 0 aromatic heterocycles. The lowest BCUT2D eigenvalue weighted by molar-refractivity contribution is -0.143. The number of nitrogens with one attached hydrogen (secondary N) is 2. The van der Waals surface area contributed by atoms with Crippen molar-refractivity contribution in [3.05, 3.63) is 0 Å². The zero-order valence-corrected chi connectivity index (χ0v) is 17.4. The van der Waals surface area contributed by atoms with Gasteiger partial charge in [-0.15, -0.1) is 0 Å². The third-order valence-corrected chi connectivity index (χ3v) is 5.74. The van der Waals surface area contributed by atoms with Gasteiger partial charge in [0.1, 0.15) is 17.6 Å². The molecule has 8 heteroatoms. The Balaban J connectivity index is 1.26. The number of epoxide rings is 2. The Hall–Kier alpha value is -1.22. The van der Waals surface area contributed by atoms with E-state index in [1.807, 2.05) is 0 Å². The molecule has 2 heterocycles. The average molecular weight is 413 g/mol. The predicted octanol–water partition coefficient (Wildman–Crippen LogP) is 1.17. The molecule has 2 saturated heterocycles. The fourth-order valence-corrected chi connectivity index (χ4v) is 3.69. The van der Waals surface area contributed by atoms with E-state index in [1.165, 1.54) is 0 Å². The Kier molecular flexibility index (Phi) is 9.17. The third kappa shape index (κ3) is 7.85. The van der Waals surface area contributed by atoms with Crippen molar-refractivity contribution >= 4 is 11.8 Å². The molecule has 2 unspecified atom stereocenters. The van der Waals surface area contributed by atoms with E-state index in [2.05, 4.69) is 10.6 Å². The Morgan fingerprint density at radius 3 is 1.66 bits per heavy atom. The van der Waals surface area contributed by atoms with Crippen LogP contribution in [0.25, 0.3) is 0 Å². The van der Waals surface area contributed by atoms with Gasteiger partial charge in [-0.2, -0.15) is 0 Å². The third-order valence-electron chi connectivity index (χ3n) is 5.74. The van der Waals surface area contributed by atoms with Gasteiger partial charge in [0.25, 0.3) is 0 Å². The number of hydrogen-bond donors (Lipinski definition) is 2. The van der Waals surface area contributed by atoms with Crippen LogP contribution in [0.3, 0.4) is 0 Å². The molecule has 2 atom stereocenters. The van der Waals surface area contributed by atoms with Crippen molar-refractivity contribution in [2.45, 2.75) is 63.6 Å². The molecule has 166 valence electrons. The molecule has 2 aliphatic heterocycles. The summed E-state index contributed by atoms with van der Waals surface area (Å²) in [6, 6.07) is 0. The molecule has 3 rings (SSSR count). The standard InChI is InChI=1S/C21H36N2O6/c24-19(22-9-3-5-11-26-13-17-15-28-17)21(7-1-2-8-21)20(25)23-10-4-6-12-27-14-18-16-29-18/h17-18H,1-16H2,(H,22,24)(H,23,25). The van der Waals surface area contributed by atoms with E-state index < -0.39 is 5.41 Å². The molecular weight excluding hydrogens is 376 g/mol. The number of amides is 2. The van der Waals surface area contributed by atoms with Crippen LogP contribution in [0.4, 0.5) is 0 Å². The summed E-state index contributed by atoms with van der Waals surface area (Å²) in [7, 11) is 0. The Morgan fingerprint density at radius 1 is 0.793 bits per heavy atom. The van der Waals surface area contributed by atoms with Gasteiger partial charge in [0, 0.05) is 26.3 Å². The van der Waals surface area contributed by atoms with Crippen LogP contribution in [0.1, 0.15) is 51.4 Å². The molecule has 0 radical (unpaired) electrons. The molecule has 1 saturated carbocycles. The minimum Gasteiger partial charge on any atom is -0.379 e. The van der Waals surface area contributed by atoms with Crippen LogP contribution >= 0.6 is 0 Å². The molecule has 3 fully saturated rings. The summed E-state index contributed by atoms with van der Waals surface area (Å²) in [4.78, 5) is 25.6. The van der Waals surface area contributed by atoms with Gasteiger partial charge < -0.3 is 29.6 Å². The Labute approximate surface area is 173 Å². The molecule has 2 N–H and O–H groups in total. The number of unbranched alkanes of at least 4 members (excludes halogenated alkanes) is 2. The summed E-state index contributed by atoms with van der Waals surface area (Å²) in [5, 5.41) is 5.96. The van der Waals surface area contributed by atoms with Crippen LogP contribution in [0, 0.1) is 5.41 Å².